The van der Waals surface area contributed by atoms with E-state index in [1.807, 2.05) is 32.3 Å². The Balaban J connectivity index is 0.00000181. The molecule has 1 unspecified atom stereocenters. The standard InChI is InChI=1S/C33H42N4O.C2H6/c38-33(36-24-28-18-7-4-11-21-34-28)29(26-16-9-10-17-26)19-8-1-2-12-23-37-25-31(27-14-5-3-6-15-27)30-20-13-22-35-32(30)37;1-2/h3,5-6,13-15,18,20-22,25-26,29H,1-2,4,7-12,16-17,19,23-24H2,(H,36,38);1-2H3. The number of hydrogen-bond acceptors (Lipinski definition) is 3. The van der Waals surface area contributed by atoms with E-state index in [4.69, 9.17) is 4.98 Å². The van der Waals surface area contributed by atoms with Gasteiger partial charge in [-0.1, -0.05) is 82.4 Å². The van der Waals surface area contributed by atoms with Crippen LogP contribution in [0.4, 0.5) is 0 Å². The molecule has 0 bridgehead atoms. The van der Waals surface area contributed by atoms with Gasteiger partial charge in [0.1, 0.15) is 5.65 Å². The molecule has 5 heteroatoms. The Morgan fingerprint density at radius 1 is 0.975 bits per heavy atom. The van der Waals surface area contributed by atoms with Crippen molar-refractivity contribution in [3.05, 3.63) is 66.6 Å². The Bertz CT molecular complexity index is 1240. The highest BCUT2D eigenvalue weighted by Crippen LogP contribution is 2.34. The molecule has 3 heterocycles. The maximum atomic E-state index is 13.2. The first-order valence-corrected chi connectivity index (χ1v) is 15.8. The monoisotopic (exact) mass is 540 g/mol. The summed E-state index contributed by atoms with van der Waals surface area (Å²) in [5.41, 5.74) is 4.58. The van der Waals surface area contributed by atoms with Crippen LogP contribution >= 0.6 is 0 Å². The molecule has 1 saturated carbocycles. The summed E-state index contributed by atoms with van der Waals surface area (Å²) in [4.78, 5) is 22.4. The quantitative estimate of drug-likeness (QED) is 0.233. The first-order chi connectivity index (χ1) is 19.8. The van der Waals surface area contributed by atoms with E-state index in [-0.39, 0.29) is 11.8 Å². The van der Waals surface area contributed by atoms with Crippen molar-refractivity contribution in [3.8, 4) is 11.1 Å². The minimum absolute atomic E-state index is 0.152. The van der Waals surface area contributed by atoms with E-state index in [0.29, 0.717) is 12.5 Å². The van der Waals surface area contributed by atoms with Gasteiger partial charge < -0.3 is 9.88 Å². The summed E-state index contributed by atoms with van der Waals surface area (Å²) in [7, 11) is 0. The molecule has 1 aromatic carbocycles. The molecule has 1 amide bonds. The number of pyridine rings is 1. The molecule has 0 saturated heterocycles. The predicted octanol–water partition coefficient (Wildman–Crippen LogP) is 8.74. The van der Waals surface area contributed by atoms with Gasteiger partial charge in [0, 0.05) is 42.0 Å². The van der Waals surface area contributed by atoms with Crippen molar-refractivity contribution in [1.82, 2.24) is 14.9 Å². The SMILES string of the molecule is CC.O=C(NCC1=CCCCC=N1)C(CCCCCCn1cc(-c2ccccc2)c2cccnc21)C1CCCC1. The molecule has 3 aromatic rings. The zero-order chi connectivity index (χ0) is 28.0. The van der Waals surface area contributed by atoms with Crippen LogP contribution in [0.15, 0.2) is 71.6 Å². The molecule has 1 fully saturated rings. The van der Waals surface area contributed by atoms with Crippen molar-refractivity contribution in [2.75, 3.05) is 6.54 Å². The molecule has 0 spiro atoms. The van der Waals surface area contributed by atoms with Crippen LogP contribution in [0.1, 0.15) is 90.9 Å². The van der Waals surface area contributed by atoms with Gasteiger partial charge in [-0.3, -0.25) is 9.79 Å². The molecule has 2 aliphatic rings. The van der Waals surface area contributed by atoms with Crippen molar-refractivity contribution in [2.45, 2.75) is 97.4 Å². The number of carbonyl (C=O) groups is 1. The third-order valence-electron chi connectivity index (χ3n) is 8.31. The van der Waals surface area contributed by atoms with E-state index >= 15 is 0 Å². The Kier molecular flexibility index (Phi) is 12.0. The average Bonchev–Trinajstić information content (AvgIpc) is 3.59. The Labute approximate surface area is 241 Å². The number of allylic oxidation sites excluding steroid dienone is 1. The second kappa shape index (κ2) is 16.2. The molecule has 1 aliphatic carbocycles. The number of hydrogen-bond donors (Lipinski definition) is 1. The van der Waals surface area contributed by atoms with Crippen LogP contribution in [0.5, 0.6) is 0 Å². The second-order valence-corrected chi connectivity index (χ2v) is 11.0. The Morgan fingerprint density at radius 3 is 2.60 bits per heavy atom. The largest absolute Gasteiger partial charge is 0.350 e. The van der Waals surface area contributed by atoms with Crippen molar-refractivity contribution in [2.24, 2.45) is 16.8 Å². The lowest BCUT2D eigenvalue weighted by Gasteiger charge is -2.23. The number of carbonyl (C=O) groups excluding carboxylic acids is 1. The maximum absolute atomic E-state index is 13.2. The van der Waals surface area contributed by atoms with E-state index < -0.39 is 0 Å². The number of aliphatic imine (C=N–C) groups is 1. The highest BCUT2D eigenvalue weighted by molar-refractivity contribution is 5.94. The smallest absolute Gasteiger partial charge is 0.223 e. The van der Waals surface area contributed by atoms with Gasteiger partial charge in [0.2, 0.25) is 5.91 Å². The minimum atomic E-state index is 0.152. The summed E-state index contributed by atoms with van der Waals surface area (Å²) in [6, 6.07) is 14.8. The number of aryl methyl sites for hydroxylation is 1. The van der Waals surface area contributed by atoms with Gasteiger partial charge in [0.25, 0.3) is 0 Å². The molecule has 5 nitrogen and oxygen atoms in total. The summed E-state index contributed by atoms with van der Waals surface area (Å²) < 4.78 is 2.32. The lowest BCUT2D eigenvalue weighted by atomic mass is 9.85. The molecular weight excluding hydrogens is 492 g/mol. The third kappa shape index (κ3) is 8.16. The summed E-state index contributed by atoms with van der Waals surface area (Å²) in [6.07, 6.45) is 22.1. The van der Waals surface area contributed by atoms with Gasteiger partial charge in [0.05, 0.1) is 12.2 Å². The van der Waals surface area contributed by atoms with E-state index in [2.05, 4.69) is 63.5 Å². The van der Waals surface area contributed by atoms with Crippen LogP contribution < -0.4 is 5.32 Å². The highest BCUT2D eigenvalue weighted by Gasteiger charge is 2.30. The molecule has 5 rings (SSSR count). The number of amides is 1. The third-order valence-corrected chi connectivity index (χ3v) is 8.31. The average molecular weight is 541 g/mol. The molecule has 40 heavy (non-hydrogen) atoms. The van der Waals surface area contributed by atoms with E-state index in [1.54, 1.807) is 0 Å². The van der Waals surface area contributed by atoms with Crippen molar-refractivity contribution < 1.29 is 4.79 Å². The summed E-state index contributed by atoms with van der Waals surface area (Å²) in [5.74, 6) is 0.949. The number of aromatic nitrogens is 2. The lowest BCUT2D eigenvalue weighted by molar-refractivity contribution is -0.126. The number of fused-ring (bicyclic) bond motifs is 1. The zero-order valence-corrected chi connectivity index (χ0v) is 24.7. The zero-order valence-electron chi connectivity index (χ0n) is 24.7. The fourth-order valence-electron chi connectivity index (χ4n) is 6.22. The summed E-state index contributed by atoms with van der Waals surface area (Å²) in [6.45, 7) is 5.55. The van der Waals surface area contributed by atoms with Gasteiger partial charge in [-0.2, -0.15) is 0 Å². The van der Waals surface area contributed by atoms with E-state index in [1.165, 1.54) is 55.0 Å². The number of unbranched alkanes of at least 4 members (excludes halogenated alkanes) is 3. The fourth-order valence-corrected chi connectivity index (χ4v) is 6.22. The molecule has 2 aromatic heterocycles. The fraction of sp³-hybridized carbons (Fsp3) is 0.514. The number of nitrogens with one attached hydrogen (secondary N) is 1. The number of rotatable bonds is 12. The molecule has 1 aliphatic heterocycles. The Morgan fingerprint density at radius 2 is 1.77 bits per heavy atom. The maximum Gasteiger partial charge on any atom is 0.223 e. The molecule has 214 valence electrons. The van der Waals surface area contributed by atoms with Gasteiger partial charge in [0.15, 0.2) is 0 Å². The van der Waals surface area contributed by atoms with Gasteiger partial charge in [-0.25, -0.2) is 4.98 Å². The number of nitrogens with zero attached hydrogens (tertiary/aromatic N) is 3. The van der Waals surface area contributed by atoms with Crippen molar-refractivity contribution in [3.63, 3.8) is 0 Å². The highest BCUT2D eigenvalue weighted by atomic mass is 16.1. The molecule has 1 N–H and O–H groups in total. The van der Waals surface area contributed by atoms with Crippen molar-refractivity contribution in [1.29, 1.82) is 0 Å². The molecule has 0 radical (unpaired) electrons. The van der Waals surface area contributed by atoms with Crippen LogP contribution in [0.2, 0.25) is 0 Å². The minimum Gasteiger partial charge on any atom is -0.350 e. The second-order valence-electron chi connectivity index (χ2n) is 11.0. The van der Waals surface area contributed by atoms with Crippen LogP contribution in [-0.2, 0) is 11.3 Å². The van der Waals surface area contributed by atoms with Gasteiger partial charge in [-0.15, -0.1) is 0 Å². The Hall–Kier alpha value is -3.21. The van der Waals surface area contributed by atoms with Crippen LogP contribution in [-0.4, -0.2) is 28.2 Å². The molecular formula is C35H48N4O. The number of benzene rings is 1. The van der Waals surface area contributed by atoms with Crippen LogP contribution in [0, 0.1) is 11.8 Å². The van der Waals surface area contributed by atoms with Gasteiger partial charge >= 0.3 is 0 Å². The first kappa shape index (κ1) is 29.8. The topological polar surface area (TPSA) is 59.3 Å². The predicted molar refractivity (Wildman–Crippen MR) is 168 cm³/mol. The van der Waals surface area contributed by atoms with E-state index in [0.717, 1.165) is 56.4 Å². The summed E-state index contributed by atoms with van der Waals surface area (Å²) in [5, 5.41) is 4.45. The molecule has 1 atom stereocenters. The van der Waals surface area contributed by atoms with Crippen molar-refractivity contribution >= 4 is 23.2 Å². The lowest BCUT2D eigenvalue weighted by Crippen LogP contribution is -2.35. The van der Waals surface area contributed by atoms with E-state index in [9.17, 15) is 4.79 Å². The van der Waals surface area contributed by atoms with Crippen LogP contribution in [0.25, 0.3) is 22.2 Å². The van der Waals surface area contributed by atoms with Gasteiger partial charge in [-0.05, 0) is 68.6 Å². The van der Waals surface area contributed by atoms with Crippen LogP contribution in [0.3, 0.4) is 0 Å². The normalized spacial score (nSPS) is 16.2. The summed E-state index contributed by atoms with van der Waals surface area (Å²) >= 11 is 0. The first-order valence-electron chi connectivity index (χ1n) is 15.8.